The second-order valence-corrected chi connectivity index (χ2v) is 13.3. The third kappa shape index (κ3) is 8.14. The van der Waals surface area contributed by atoms with Gasteiger partial charge in [-0.1, -0.05) is 39.3 Å². The minimum absolute atomic E-state index is 0.000664. The summed E-state index contributed by atoms with van der Waals surface area (Å²) in [6.07, 6.45) is -7.34. The van der Waals surface area contributed by atoms with Crippen LogP contribution in [0, 0.1) is 5.92 Å². The highest BCUT2D eigenvalue weighted by atomic mass is 35.5. The molecule has 6 rings (SSSR count). The third-order valence-corrected chi connectivity index (χ3v) is 8.75. The van der Waals surface area contributed by atoms with Gasteiger partial charge in [0.05, 0.1) is 12.7 Å². The predicted molar refractivity (Wildman–Crippen MR) is 186 cm³/mol. The molecule has 2 fully saturated rings. The maximum Gasteiger partial charge on any atom is 0.314 e. The van der Waals surface area contributed by atoms with Crippen molar-refractivity contribution in [2.24, 2.45) is 5.92 Å². The molecule has 2 aliphatic heterocycles. The van der Waals surface area contributed by atoms with Crippen molar-refractivity contribution in [3.63, 3.8) is 0 Å². The van der Waals surface area contributed by atoms with Crippen LogP contribution in [0.2, 0.25) is 5.15 Å². The smallest absolute Gasteiger partial charge is 0.314 e. The Bertz CT molecular complexity index is 2210. The van der Waals surface area contributed by atoms with Crippen LogP contribution >= 0.6 is 11.6 Å². The highest BCUT2D eigenvalue weighted by Gasteiger charge is 2.62. The van der Waals surface area contributed by atoms with Crippen LogP contribution in [-0.4, -0.2) is 99.1 Å². The number of esters is 2. The van der Waals surface area contributed by atoms with E-state index in [-0.39, 0.29) is 64.0 Å². The topological polar surface area (TPSA) is 236 Å². The summed E-state index contributed by atoms with van der Waals surface area (Å²) in [5.41, 5.74) is -0.737. The molecule has 2 aliphatic rings. The van der Waals surface area contributed by atoms with E-state index in [4.69, 9.17) is 30.5 Å². The number of alkyl halides is 4. The maximum atomic E-state index is 14.7. The number of amides is 2. The monoisotopic (exact) mass is 816 g/mol. The van der Waals surface area contributed by atoms with Crippen molar-refractivity contribution < 1.29 is 55.7 Å². The highest BCUT2D eigenvalue weighted by molar-refractivity contribution is 6.33. The first kappa shape index (κ1) is 41.9. The molecule has 6 atom stereocenters. The van der Waals surface area contributed by atoms with Crippen LogP contribution in [-0.2, 0) is 38.1 Å². The van der Waals surface area contributed by atoms with E-state index in [0.717, 1.165) is 24.7 Å². The van der Waals surface area contributed by atoms with Crippen molar-refractivity contribution in [1.29, 1.82) is 0 Å². The van der Waals surface area contributed by atoms with Crippen LogP contribution in [0.5, 0.6) is 0 Å². The van der Waals surface area contributed by atoms with Gasteiger partial charge in [-0.3, -0.25) is 48.7 Å². The number of aromatic amines is 1. The lowest BCUT2D eigenvalue weighted by atomic mass is 10.1. The largest absolute Gasteiger partial charge is 0.451 e. The van der Waals surface area contributed by atoms with E-state index in [1.807, 2.05) is 0 Å². The molecule has 0 spiro atoms. The molecule has 4 aromatic rings. The van der Waals surface area contributed by atoms with Crippen LogP contribution < -0.4 is 16.2 Å². The van der Waals surface area contributed by atoms with Gasteiger partial charge in [0, 0.05) is 26.7 Å². The van der Waals surface area contributed by atoms with E-state index in [2.05, 4.69) is 40.5 Å². The quantitative estimate of drug-likeness (QED) is 0.124. The van der Waals surface area contributed by atoms with Gasteiger partial charge in [-0.05, 0) is 12.8 Å². The molecular formula is C32H37ClF4N10O9. The summed E-state index contributed by atoms with van der Waals surface area (Å²) in [5.74, 6) is -10.1. The predicted octanol–water partition coefficient (Wildman–Crippen LogP) is 3.90. The van der Waals surface area contributed by atoms with Gasteiger partial charge in [0.15, 0.2) is 34.4 Å². The van der Waals surface area contributed by atoms with Crippen molar-refractivity contribution in [3.8, 4) is 0 Å². The van der Waals surface area contributed by atoms with Gasteiger partial charge < -0.3 is 18.9 Å². The number of imidazole rings is 2. The number of carbonyl (C=O) groups is 4. The van der Waals surface area contributed by atoms with Gasteiger partial charge in [-0.25, -0.2) is 9.97 Å². The molecule has 0 bridgehead atoms. The van der Waals surface area contributed by atoms with Gasteiger partial charge in [0.1, 0.15) is 17.7 Å². The van der Waals surface area contributed by atoms with Gasteiger partial charge >= 0.3 is 23.8 Å². The summed E-state index contributed by atoms with van der Waals surface area (Å²) < 4.78 is 81.6. The first-order valence-corrected chi connectivity index (χ1v) is 17.4. The molecule has 0 aromatic carbocycles. The summed E-state index contributed by atoms with van der Waals surface area (Å²) in [7, 11) is 0. The number of nitrogens with one attached hydrogen (secondary N) is 3. The second-order valence-electron chi connectivity index (χ2n) is 13.0. The van der Waals surface area contributed by atoms with Gasteiger partial charge in [-0.2, -0.15) is 32.5 Å². The minimum Gasteiger partial charge on any atom is -0.451 e. The number of aromatic nitrogens is 8. The Morgan fingerprint density at radius 1 is 0.839 bits per heavy atom. The molecule has 0 saturated carbocycles. The number of nitrogens with zero attached hydrogens (tertiary/aromatic N) is 7. The Balaban J connectivity index is 0.000000215. The second kappa shape index (κ2) is 16.1. The molecule has 56 heavy (non-hydrogen) atoms. The molecule has 4 aromatic heterocycles. The number of ether oxygens (including phenoxy) is 4. The third-order valence-electron chi connectivity index (χ3n) is 8.48. The Morgan fingerprint density at radius 2 is 1.32 bits per heavy atom. The van der Waals surface area contributed by atoms with Gasteiger partial charge in [-0.15, -0.1) is 0 Å². The van der Waals surface area contributed by atoms with Crippen molar-refractivity contribution in [2.75, 3.05) is 10.6 Å². The van der Waals surface area contributed by atoms with E-state index in [1.54, 1.807) is 13.8 Å². The van der Waals surface area contributed by atoms with Crippen LogP contribution in [0.4, 0.5) is 29.5 Å². The Kier molecular flexibility index (Phi) is 12.0. The number of anilines is 2. The number of halogens is 5. The van der Waals surface area contributed by atoms with Crippen molar-refractivity contribution in [3.05, 3.63) is 28.2 Å². The van der Waals surface area contributed by atoms with Crippen LogP contribution in [0.15, 0.2) is 17.4 Å². The van der Waals surface area contributed by atoms with E-state index in [9.17, 15) is 41.5 Å². The van der Waals surface area contributed by atoms with E-state index >= 15 is 0 Å². The standard InChI is InChI=1S/C17H20ClF2N5O4.C15H17F2N5O5/c1-5-9-17(19,20)11(28-8(4)26)15(29-9)25-6-21-10-12(18)22-16(23-13(10)25)24-14(27)7(2)3;1-4-8-15(16,17)10(26-7(3)24)13(27-8)22-5-18-9-11(22)20-14(19-6(2)23)21-12(9)25/h6-7,9,11,15H,5H2,1-4H3,(H,22,23,24,27);5,8,10,13H,4H2,1-3H3,(H2,19,20,21,23,25)/t9-,11+,15-;8-,10+,13-/m11/s1. The highest BCUT2D eigenvalue weighted by Crippen LogP contribution is 2.46. The average molecular weight is 817 g/mol. The number of H-pyrrole nitrogens is 1. The number of rotatable bonds is 9. The number of hydrogen-bond donors (Lipinski definition) is 3. The lowest BCUT2D eigenvalue weighted by Crippen LogP contribution is -2.41. The number of hydrogen-bond acceptors (Lipinski definition) is 14. The zero-order valence-electron chi connectivity index (χ0n) is 30.8. The van der Waals surface area contributed by atoms with Crippen molar-refractivity contribution in [1.82, 2.24) is 39.0 Å². The SMILES string of the molecule is CC[C@H]1O[C@@H](n2cnc3c(=O)[nH]c(NC(C)=O)nc32)[C@H](OC(C)=O)C1(F)F.CC[C@H]1O[C@@H](n2cnc3c(Cl)nc(NC(=O)C(C)C)nc32)[C@H](OC(C)=O)C1(F)F. The lowest BCUT2D eigenvalue weighted by Gasteiger charge is -2.23. The summed E-state index contributed by atoms with van der Waals surface area (Å²) in [6, 6.07) is 0. The zero-order chi connectivity index (χ0) is 41.4. The molecule has 24 heteroatoms. The summed E-state index contributed by atoms with van der Waals surface area (Å²) in [5, 5.41) is 4.73. The normalized spacial score (nSPS) is 23.8. The van der Waals surface area contributed by atoms with Crippen molar-refractivity contribution >= 4 is 69.6 Å². The molecule has 0 radical (unpaired) electrons. The lowest BCUT2D eigenvalue weighted by molar-refractivity contribution is -0.171. The fourth-order valence-electron chi connectivity index (χ4n) is 5.92. The van der Waals surface area contributed by atoms with E-state index in [1.165, 1.54) is 31.7 Å². The van der Waals surface area contributed by atoms with Crippen molar-refractivity contribution in [2.45, 2.75) is 110 Å². The summed E-state index contributed by atoms with van der Waals surface area (Å²) in [6.45, 7) is 9.68. The summed E-state index contributed by atoms with van der Waals surface area (Å²) in [4.78, 5) is 80.5. The van der Waals surface area contributed by atoms with Gasteiger partial charge in [0.2, 0.25) is 35.9 Å². The van der Waals surface area contributed by atoms with Gasteiger partial charge in [0.25, 0.3) is 5.56 Å². The molecule has 19 nitrogen and oxygen atoms in total. The molecule has 2 saturated heterocycles. The van der Waals surface area contributed by atoms with Crippen LogP contribution in [0.25, 0.3) is 22.3 Å². The maximum absolute atomic E-state index is 14.7. The first-order chi connectivity index (χ1) is 26.2. The van der Waals surface area contributed by atoms with E-state index in [0.29, 0.717) is 0 Å². The average Bonchev–Trinajstić information content (AvgIpc) is 3.83. The molecular weight excluding hydrogens is 780 g/mol. The molecule has 2 amide bonds. The molecule has 0 unspecified atom stereocenters. The summed E-state index contributed by atoms with van der Waals surface area (Å²) >= 11 is 6.13. The molecule has 0 aliphatic carbocycles. The number of fused-ring (bicyclic) bond motifs is 2. The minimum atomic E-state index is -3.46. The molecule has 6 heterocycles. The Hall–Kier alpha value is -5.29. The Labute approximate surface area is 318 Å². The zero-order valence-corrected chi connectivity index (χ0v) is 31.6. The fourth-order valence-corrected chi connectivity index (χ4v) is 6.13. The number of carbonyl (C=O) groups excluding carboxylic acids is 4. The van der Waals surface area contributed by atoms with Crippen LogP contribution in [0.1, 0.15) is 73.8 Å². The van der Waals surface area contributed by atoms with Crippen LogP contribution in [0.3, 0.4) is 0 Å². The first-order valence-electron chi connectivity index (χ1n) is 17.1. The molecule has 3 N–H and O–H groups in total. The fraction of sp³-hybridized carbons (Fsp3) is 0.562. The molecule has 304 valence electrons. The Morgan fingerprint density at radius 3 is 1.77 bits per heavy atom. The van der Waals surface area contributed by atoms with E-state index < -0.39 is 72.1 Å².